The number of rotatable bonds is 0. The van der Waals surface area contributed by atoms with E-state index >= 15 is 0 Å². The third-order valence-corrected chi connectivity index (χ3v) is 3.69. The molecule has 0 aromatic rings. The average Bonchev–Trinajstić information content (AvgIpc) is 2.13. The van der Waals surface area contributed by atoms with Gasteiger partial charge in [-0.2, -0.15) is 0 Å². The van der Waals surface area contributed by atoms with Crippen LogP contribution in [0.1, 0.15) is 27.7 Å². The maximum Gasteiger partial charge on any atom is 2.00 e. The zero-order valence-corrected chi connectivity index (χ0v) is 13.7. The van der Waals surface area contributed by atoms with Crippen LogP contribution >= 0.6 is 0 Å². The zero-order valence-electron chi connectivity index (χ0n) is 10.7. The van der Waals surface area contributed by atoms with E-state index in [0.717, 1.165) is 0 Å². The molecule has 2 rings (SSSR count). The monoisotopic (exact) mass is 398 g/mol. The van der Waals surface area contributed by atoms with Crippen LogP contribution in [0.3, 0.4) is 0 Å². The van der Waals surface area contributed by atoms with Crippen LogP contribution in [0.15, 0.2) is 0 Å². The molecule has 2 saturated heterocycles. The fraction of sp³-hybridized carbons (Fsp3) is 0.833. The molecular weight excluding hydrogens is 376 g/mol. The van der Waals surface area contributed by atoms with Gasteiger partial charge in [0.05, 0.1) is 18.3 Å². The molecule has 4 heteroatoms. The van der Waals surface area contributed by atoms with E-state index in [-0.39, 0.29) is 46.5 Å². The number of ether oxygens (including phenoxy) is 3. The van der Waals surface area contributed by atoms with Crippen LogP contribution in [-0.4, -0.2) is 24.6 Å². The van der Waals surface area contributed by atoms with Crippen molar-refractivity contribution >= 4 is 0 Å². The van der Waals surface area contributed by atoms with Gasteiger partial charge in [0.25, 0.3) is 0 Å². The van der Waals surface area contributed by atoms with E-state index < -0.39 is 0 Å². The second-order valence-corrected chi connectivity index (χ2v) is 4.61. The van der Waals surface area contributed by atoms with Gasteiger partial charge < -0.3 is 21.6 Å². The fourth-order valence-electron chi connectivity index (χ4n) is 2.29. The molecule has 0 amide bonds. The average molecular weight is 398 g/mol. The molecule has 5 atom stereocenters. The molecular formula is C12H22O3W. The molecule has 0 radical (unpaired) electrons. The molecule has 2 aliphatic heterocycles. The van der Waals surface area contributed by atoms with Gasteiger partial charge in [-0.15, -0.1) is 5.92 Å². The van der Waals surface area contributed by atoms with E-state index in [1.165, 1.54) is 0 Å². The van der Waals surface area contributed by atoms with Crippen LogP contribution in [-0.2, 0) is 35.3 Å². The summed E-state index contributed by atoms with van der Waals surface area (Å²) < 4.78 is 17.0. The van der Waals surface area contributed by atoms with Gasteiger partial charge >= 0.3 is 21.1 Å². The Morgan fingerprint density at radius 3 is 2.50 bits per heavy atom. The predicted octanol–water partition coefficient (Wildman–Crippen LogP) is 2.42. The van der Waals surface area contributed by atoms with E-state index in [2.05, 4.69) is 20.8 Å². The van der Waals surface area contributed by atoms with Crippen LogP contribution < -0.4 is 0 Å². The number of fused-ring (bicyclic) bond motifs is 1. The minimum Gasteiger partial charge on any atom is -0.546 e. The van der Waals surface area contributed by atoms with Gasteiger partial charge in [-0.1, -0.05) is 13.8 Å². The maximum atomic E-state index is 5.89. The van der Waals surface area contributed by atoms with Crippen LogP contribution in [0, 0.1) is 25.9 Å². The zero-order chi connectivity index (χ0) is 10.3. The standard InChI is InChI=1S/C11H19O3.CH3.W/c1-7-5-13-10-6-12-9(3)14-11(10,4)8(7)2;;/h5,7-10H,6H2,1-4H3;1H3;/q2*-1;+2. The quantitative estimate of drug-likeness (QED) is 0.587. The molecule has 2 heterocycles. The Morgan fingerprint density at radius 1 is 1.25 bits per heavy atom. The van der Waals surface area contributed by atoms with Crippen molar-refractivity contribution < 1.29 is 35.3 Å². The first kappa shape index (κ1) is 16.6. The Hall–Kier alpha value is 0.568. The summed E-state index contributed by atoms with van der Waals surface area (Å²) in [5.41, 5.74) is -0.203. The van der Waals surface area contributed by atoms with Gasteiger partial charge in [0.1, 0.15) is 0 Å². The summed E-state index contributed by atoms with van der Waals surface area (Å²) in [6.07, 6.45) is -0.0718. The Kier molecular flexibility index (Phi) is 6.16. The molecule has 0 spiro atoms. The molecule has 94 valence electrons. The third-order valence-electron chi connectivity index (χ3n) is 3.69. The van der Waals surface area contributed by atoms with E-state index in [0.29, 0.717) is 18.4 Å². The summed E-state index contributed by atoms with van der Waals surface area (Å²) in [6, 6.07) is 0. The van der Waals surface area contributed by atoms with Crippen LogP contribution in [0.4, 0.5) is 0 Å². The molecule has 2 fully saturated rings. The van der Waals surface area contributed by atoms with Gasteiger partial charge in [0.15, 0.2) is 6.29 Å². The summed E-state index contributed by atoms with van der Waals surface area (Å²) >= 11 is 0. The van der Waals surface area contributed by atoms with Crippen LogP contribution in [0.5, 0.6) is 0 Å². The fourth-order valence-corrected chi connectivity index (χ4v) is 2.29. The Labute approximate surface area is 113 Å². The molecule has 16 heavy (non-hydrogen) atoms. The summed E-state index contributed by atoms with van der Waals surface area (Å²) in [7, 11) is 0. The van der Waals surface area contributed by atoms with Crippen molar-refractivity contribution in [3.63, 3.8) is 0 Å². The Balaban J connectivity index is 0.00000112. The second kappa shape index (κ2) is 5.95. The molecule has 0 aliphatic carbocycles. The van der Waals surface area contributed by atoms with Gasteiger partial charge in [-0.05, 0) is 19.8 Å². The van der Waals surface area contributed by atoms with Crippen molar-refractivity contribution in [2.45, 2.75) is 45.7 Å². The van der Waals surface area contributed by atoms with E-state index in [1.807, 2.05) is 13.5 Å². The van der Waals surface area contributed by atoms with E-state index in [1.54, 1.807) is 0 Å². The summed E-state index contributed by atoms with van der Waals surface area (Å²) in [5, 5.41) is 0. The van der Waals surface area contributed by atoms with Gasteiger partial charge in [-0.3, -0.25) is 0 Å². The Bertz CT molecular complexity index is 218. The number of hydrogen-bond donors (Lipinski definition) is 0. The van der Waals surface area contributed by atoms with Crippen molar-refractivity contribution in [1.82, 2.24) is 0 Å². The Morgan fingerprint density at radius 2 is 1.88 bits per heavy atom. The van der Waals surface area contributed by atoms with E-state index in [4.69, 9.17) is 14.2 Å². The summed E-state index contributed by atoms with van der Waals surface area (Å²) in [5.74, 6) is 0.897. The SMILES string of the molecule is CC1OCC2O[CH-]C(C)C(C)C2(C)O1.[CH3-].[W+2]. The molecule has 0 aromatic carbocycles. The summed E-state index contributed by atoms with van der Waals surface area (Å²) in [6.45, 7) is 11.0. The van der Waals surface area contributed by atoms with Gasteiger partial charge in [-0.25, -0.2) is 6.61 Å². The van der Waals surface area contributed by atoms with Gasteiger partial charge in [0.2, 0.25) is 0 Å². The summed E-state index contributed by atoms with van der Waals surface area (Å²) in [4.78, 5) is 0. The first-order valence-corrected chi connectivity index (χ1v) is 5.32. The molecule has 2 aliphatic rings. The molecule has 0 bridgehead atoms. The molecule has 0 N–H and O–H groups in total. The molecule has 5 unspecified atom stereocenters. The number of hydrogen-bond acceptors (Lipinski definition) is 3. The minimum absolute atomic E-state index is 0. The molecule has 0 saturated carbocycles. The van der Waals surface area contributed by atoms with Crippen LogP contribution in [0.2, 0.25) is 0 Å². The maximum absolute atomic E-state index is 5.89. The van der Waals surface area contributed by atoms with E-state index in [9.17, 15) is 0 Å². The van der Waals surface area contributed by atoms with Crippen molar-refractivity contribution in [3.8, 4) is 0 Å². The van der Waals surface area contributed by atoms with Crippen molar-refractivity contribution in [1.29, 1.82) is 0 Å². The van der Waals surface area contributed by atoms with Crippen LogP contribution in [0.25, 0.3) is 0 Å². The van der Waals surface area contributed by atoms with Gasteiger partial charge in [0, 0.05) is 0 Å². The first-order chi connectivity index (χ1) is 6.54. The largest absolute Gasteiger partial charge is 2.00 e. The topological polar surface area (TPSA) is 27.7 Å². The van der Waals surface area contributed by atoms with Crippen molar-refractivity contribution in [2.75, 3.05) is 6.61 Å². The van der Waals surface area contributed by atoms with Crippen molar-refractivity contribution in [3.05, 3.63) is 14.0 Å². The minimum atomic E-state index is -0.203. The second-order valence-electron chi connectivity index (χ2n) is 4.61. The normalized spacial score (nSPS) is 47.2. The van der Waals surface area contributed by atoms with Crippen molar-refractivity contribution in [2.24, 2.45) is 11.8 Å². The first-order valence-electron chi connectivity index (χ1n) is 5.32. The smallest absolute Gasteiger partial charge is 0.546 e. The predicted molar refractivity (Wildman–Crippen MR) is 58.8 cm³/mol. The third kappa shape index (κ3) is 2.69. The molecule has 0 aromatic heterocycles. The molecule has 3 nitrogen and oxygen atoms in total.